The lowest BCUT2D eigenvalue weighted by Gasteiger charge is -2.35. The van der Waals surface area contributed by atoms with E-state index in [1.807, 2.05) is 18.2 Å². The zero-order valence-electron chi connectivity index (χ0n) is 13.2. The molecule has 1 fully saturated rings. The molecule has 2 aliphatic rings. The molecule has 1 aliphatic carbocycles. The topological polar surface area (TPSA) is 26.3 Å². The molecule has 114 valence electrons. The zero-order chi connectivity index (χ0) is 14.9. The molecule has 0 aromatic heterocycles. The number of benzene rings is 1. The second-order valence-electron chi connectivity index (χ2n) is 7.18. The van der Waals surface area contributed by atoms with E-state index in [-0.39, 0.29) is 11.3 Å². The normalized spacial score (nSPS) is 23.7. The van der Waals surface area contributed by atoms with Crippen LogP contribution >= 0.6 is 0 Å². The summed E-state index contributed by atoms with van der Waals surface area (Å²) < 4.78 is 5.73. The number of carbonyl (C=O) groups excluding carboxylic acids is 1. The molecule has 1 atom stereocenters. The van der Waals surface area contributed by atoms with E-state index in [0.29, 0.717) is 18.3 Å². The summed E-state index contributed by atoms with van der Waals surface area (Å²) in [5.74, 6) is 2.04. The number of fused-ring (bicyclic) bond motifs is 1. The number of para-hydroxylation sites is 1. The van der Waals surface area contributed by atoms with Crippen molar-refractivity contribution in [1.82, 2.24) is 0 Å². The quantitative estimate of drug-likeness (QED) is 0.800. The van der Waals surface area contributed by atoms with E-state index in [4.69, 9.17) is 4.74 Å². The average Bonchev–Trinajstić information content (AvgIpc) is 2.95. The lowest BCUT2D eigenvalue weighted by molar-refractivity contribution is -0.131. The number of carbonyl (C=O) groups is 1. The molecule has 1 unspecified atom stereocenters. The Hall–Kier alpha value is -1.31. The van der Waals surface area contributed by atoms with Crippen LogP contribution in [0.3, 0.4) is 0 Å². The van der Waals surface area contributed by atoms with E-state index in [1.165, 1.54) is 12.8 Å². The molecule has 0 saturated heterocycles. The summed E-state index contributed by atoms with van der Waals surface area (Å²) >= 11 is 0. The maximum atomic E-state index is 13.4. The minimum absolute atomic E-state index is 0.0480. The van der Waals surface area contributed by atoms with E-state index in [2.05, 4.69) is 19.9 Å². The standard InChI is InChI=1S/C19H26O2/c1-14(2)13-19(10-5-6-11-19)18(20)16-9-12-21-17-8-4-3-7-15(16)17/h3-4,7-8,14,16H,5-6,9-13H2,1-2H3. The number of ketones is 1. The summed E-state index contributed by atoms with van der Waals surface area (Å²) in [5, 5.41) is 0. The third kappa shape index (κ3) is 2.73. The first-order chi connectivity index (χ1) is 10.1. The van der Waals surface area contributed by atoms with Gasteiger partial charge in [0.15, 0.2) is 0 Å². The van der Waals surface area contributed by atoms with Crippen molar-refractivity contribution in [3.63, 3.8) is 0 Å². The lowest BCUT2D eigenvalue weighted by atomic mass is 9.69. The van der Waals surface area contributed by atoms with Crippen LogP contribution in [0.2, 0.25) is 0 Å². The highest BCUT2D eigenvalue weighted by Crippen LogP contribution is 2.49. The zero-order valence-corrected chi connectivity index (χ0v) is 13.2. The van der Waals surface area contributed by atoms with Crippen LogP contribution in [0.15, 0.2) is 24.3 Å². The van der Waals surface area contributed by atoms with Crippen LogP contribution in [0.4, 0.5) is 0 Å². The smallest absolute Gasteiger partial charge is 0.146 e. The molecule has 0 bridgehead atoms. The van der Waals surface area contributed by atoms with Gasteiger partial charge in [-0.25, -0.2) is 0 Å². The van der Waals surface area contributed by atoms with Gasteiger partial charge < -0.3 is 4.74 Å². The molecule has 0 N–H and O–H groups in total. The maximum absolute atomic E-state index is 13.4. The van der Waals surface area contributed by atoms with Gasteiger partial charge >= 0.3 is 0 Å². The van der Waals surface area contributed by atoms with E-state index in [9.17, 15) is 4.79 Å². The Kier molecular flexibility index (Phi) is 4.05. The SMILES string of the molecule is CC(C)CC1(C(=O)C2CCOc3ccccc32)CCCC1. The number of Topliss-reactive ketones (excluding diaryl/α,β-unsaturated/α-hetero) is 1. The first-order valence-electron chi connectivity index (χ1n) is 8.38. The molecule has 2 heteroatoms. The van der Waals surface area contributed by atoms with Crippen LogP contribution in [0.1, 0.15) is 63.9 Å². The minimum Gasteiger partial charge on any atom is -0.493 e. The van der Waals surface area contributed by atoms with Crippen molar-refractivity contribution < 1.29 is 9.53 Å². The van der Waals surface area contributed by atoms with Gasteiger partial charge in [0, 0.05) is 11.0 Å². The first kappa shape index (κ1) is 14.6. The third-order valence-corrected chi connectivity index (χ3v) is 5.16. The fraction of sp³-hybridized carbons (Fsp3) is 0.632. The fourth-order valence-electron chi connectivity index (χ4n) is 4.37. The molecule has 2 nitrogen and oxygen atoms in total. The summed E-state index contributed by atoms with van der Waals surface area (Å²) in [7, 11) is 0. The Bertz CT molecular complexity index is 512. The number of ether oxygens (including phenoxy) is 1. The van der Waals surface area contributed by atoms with Gasteiger partial charge in [0.2, 0.25) is 0 Å². The van der Waals surface area contributed by atoms with Gasteiger partial charge in [0.1, 0.15) is 11.5 Å². The Labute approximate surface area is 127 Å². The van der Waals surface area contributed by atoms with E-state index in [0.717, 1.165) is 37.0 Å². The van der Waals surface area contributed by atoms with Gasteiger partial charge in [-0.05, 0) is 37.7 Å². The van der Waals surface area contributed by atoms with Gasteiger partial charge in [-0.3, -0.25) is 4.79 Å². The summed E-state index contributed by atoms with van der Waals surface area (Å²) in [5.41, 5.74) is 1.05. The van der Waals surface area contributed by atoms with Gasteiger partial charge in [-0.2, -0.15) is 0 Å². The average molecular weight is 286 g/mol. The van der Waals surface area contributed by atoms with E-state index in [1.54, 1.807) is 0 Å². The van der Waals surface area contributed by atoms with Crippen LogP contribution in [0.25, 0.3) is 0 Å². The predicted molar refractivity (Wildman–Crippen MR) is 84.7 cm³/mol. The van der Waals surface area contributed by atoms with Crippen molar-refractivity contribution in [3.8, 4) is 5.75 Å². The van der Waals surface area contributed by atoms with Gasteiger partial charge in [0.05, 0.1) is 12.5 Å². The Morgan fingerprint density at radius 1 is 1.29 bits per heavy atom. The maximum Gasteiger partial charge on any atom is 0.146 e. The van der Waals surface area contributed by atoms with Crippen molar-refractivity contribution in [3.05, 3.63) is 29.8 Å². The second kappa shape index (κ2) is 5.82. The van der Waals surface area contributed by atoms with Crippen LogP contribution in [0.5, 0.6) is 5.75 Å². The summed E-state index contributed by atoms with van der Waals surface area (Å²) in [4.78, 5) is 13.4. The van der Waals surface area contributed by atoms with Crippen LogP contribution in [0, 0.1) is 11.3 Å². The molecule has 0 radical (unpaired) electrons. The molecule has 21 heavy (non-hydrogen) atoms. The highest BCUT2D eigenvalue weighted by molar-refractivity contribution is 5.92. The molecule has 1 heterocycles. The van der Waals surface area contributed by atoms with E-state index >= 15 is 0 Å². The lowest BCUT2D eigenvalue weighted by Crippen LogP contribution is -2.36. The third-order valence-electron chi connectivity index (χ3n) is 5.16. The Balaban J connectivity index is 1.91. The van der Waals surface area contributed by atoms with Crippen LogP contribution < -0.4 is 4.74 Å². The summed E-state index contributed by atoms with van der Waals surface area (Å²) in [6, 6.07) is 8.09. The fourth-order valence-corrected chi connectivity index (χ4v) is 4.37. The number of hydrogen-bond donors (Lipinski definition) is 0. The van der Waals surface area contributed by atoms with Crippen molar-refractivity contribution in [2.24, 2.45) is 11.3 Å². The number of hydrogen-bond acceptors (Lipinski definition) is 2. The highest BCUT2D eigenvalue weighted by atomic mass is 16.5. The van der Waals surface area contributed by atoms with Crippen molar-refractivity contribution >= 4 is 5.78 Å². The first-order valence-corrected chi connectivity index (χ1v) is 8.38. The van der Waals surface area contributed by atoms with Crippen LogP contribution in [-0.2, 0) is 4.79 Å². The molecule has 1 aromatic rings. The molecule has 0 amide bonds. The highest BCUT2D eigenvalue weighted by Gasteiger charge is 2.45. The number of rotatable bonds is 4. The summed E-state index contributed by atoms with van der Waals surface area (Å²) in [6.45, 7) is 5.15. The van der Waals surface area contributed by atoms with Crippen molar-refractivity contribution in [2.75, 3.05) is 6.61 Å². The van der Waals surface area contributed by atoms with E-state index < -0.39 is 0 Å². The second-order valence-corrected chi connectivity index (χ2v) is 7.18. The molecular weight excluding hydrogens is 260 g/mol. The minimum atomic E-state index is -0.0662. The van der Waals surface area contributed by atoms with Gasteiger partial charge in [-0.1, -0.05) is 44.9 Å². The predicted octanol–water partition coefficient (Wildman–Crippen LogP) is 4.73. The molecule has 1 saturated carbocycles. The molecular formula is C19H26O2. The van der Waals surface area contributed by atoms with Crippen molar-refractivity contribution in [1.29, 1.82) is 0 Å². The van der Waals surface area contributed by atoms with Crippen molar-refractivity contribution in [2.45, 2.75) is 58.3 Å². The largest absolute Gasteiger partial charge is 0.493 e. The Morgan fingerprint density at radius 3 is 2.71 bits per heavy atom. The molecule has 3 rings (SSSR count). The Morgan fingerprint density at radius 2 is 2.00 bits per heavy atom. The van der Waals surface area contributed by atoms with Gasteiger partial charge in [-0.15, -0.1) is 0 Å². The monoisotopic (exact) mass is 286 g/mol. The molecule has 0 spiro atoms. The summed E-state index contributed by atoms with van der Waals surface area (Å²) in [6.07, 6.45) is 6.49. The molecule has 1 aliphatic heterocycles. The van der Waals surface area contributed by atoms with Crippen LogP contribution in [-0.4, -0.2) is 12.4 Å². The van der Waals surface area contributed by atoms with Gasteiger partial charge in [0.25, 0.3) is 0 Å². The molecule has 1 aromatic carbocycles.